The topological polar surface area (TPSA) is 40.5 Å². The molecule has 0 bridgehead atoms. The average Bonchev–Trinajstić information content (AvgIpc) is 2.88. The van der Waals surface area contributed by atoms with Crippen molar-refractivity contribution >= 4 is 5.97 Å². The molecule has 178 valence electrons. The van der Waals surface area contributed by atoms with Crippen LogP contribution >= 0.6 is 0 Å². The van der Waals surface area contributed by atoms with Crippen LogP contribution in [0.15, 0.2) is 103 Å². The van der Waals surface area contributed by atoms with Gasteiger partial charge in [0.05, 0.1) is 6.42 Å². The fourth-order valence-electron chi connectivity index (χ4n) is 4.80. The first kappa shape index (κ1) is 24.4. The Balaban J connectivity index is 1.80. The van der Waals surface area contributed by atoms with E-state index in [-0.39, 0.29) is 18.5 Å². The third-order valence-electron chi connectivity index (χ3n) is 6.94. The molecule has 0 aromatic heterocycles. The van der Waals surface area contributed by atoms with Crippen LogP contribution in [0.4, 0.5) is 0 Å². The number of hydrogen-bond acceptors (Lipinski definition) is 2. The van der Waals surface area contributed by atoms with E-state index < -0.39 is 5.97 Å². The number of carboxylic acid groups (broad SMARTS) is 1. The summed E-state index contributed by atoms with van der Waals surface area (Å²) in [5.41, 5.74) is 8.15. The predicted molar refractivity (Wildman–Crippen MR) is 143 cm³/mol. The summed E-state index contributed by atoms with van der Waals surface area (Å²) >= 11 is 0. The fraction of sp³-hybridized carbons (Fsp3) is 0.219. The lowest BCUT2D eigenvalue weighted by atomic mass is 9.92. The average molecular weight is 464 g/mol. The fourth-order valence-corrected chi connectivity index (χ4v) is 4.80. The van der Waals surface area contributed by atoms with Gasteiger partial charge < -0.3 is 5.11 Å². The molecule has 3 nitrogen and oxygen atoms in total. The van der Waals surface area contributed by atoms with Gasteiger partial charge in [-0.25, -0.2) is 0 Å². The van der Waals surface area contributed by atoms with Gasteiger partial charge in [0, 0.05) is 18.6 Å². The predicted octanol–water partition coefficient (Wildman–Crippen LogP) is 7.75. The van der Waals surface area contributed by atoms with E-state index in [1.54, 1.807) is 0 Å². The third kappa shape index (κ3) is 5.87. The van der Waals surface area contributed by atoms with Gasteiger partial charge in [0.1, 0.15) is 0 Å². The highest BCUT2D eigenvalue weighted by molar-refractivity contribution is 5.70. The van der Waals surface area contributed by atoms with Gasteiger partial charge in [-0.2, -0.15) is 0 Å². The molecular weight excluding hydrogens is 430 g/mol. The van der Waals surface area contributed by atoms with Crippen LogP contribution in [0, 0.1) is 13.8 Å². The number of carbonyl (C=O) groups is 1. The second-order valence-corrected chi connectivity index (χ2v) is 9.23. The zero-order valence-corrected chi connectivity index (χ0v) is 20.7. The SMILES string of the molecule is Cc1cccc(-c2cccc(C(CC(=O)O)N(Cc3ccccc3)[C@H](C)c3ccccc3)c2)c1C. The van der Waals surface area contributed by atoms with Gasteiger partial charge in [-0.1, -0.05) is 97.1 Å². The second kappa shape index (κ2) is 11.2. The van der Waals surface area contributed by atoms with Crippen molar-refractivity contribution in [2.24, 2.45) is 0 Å². The molecule has 0 fully saturated rings. The van der Waals surface area contributed by atoms with E-state index in [2.05, 4.69) is 92.4 Å². The van der Waals surface area contributed by atoms with Crippen molar-refractivity contribution in [1.29, 1.82) is 0 Å². The molecular formula is C32H33NO2. The maximum Gasteiger partial charge on any atom is 0.305 e. The molecule has 0 saturated carbocycles. The van der Waals surface area contributed by atoms with Crippen molar-refractivity contribution in [2.45, 2.75) is 45.8 Å². The summed E-state index contributed by atoms with van der Waals surface area (Å²) in [6, 6.07) is 35.1. The minimum Gasteiger partial charge on any atom is -0.481 e. The van der Waals surface area contributed by atoms with Gasteiger partial charge in [-0.15, -0.1) is 0 Å². The van der Waals surface area contributed by atoms with Gasteiger partial charge in [-0.3, -0.25) is 9.69 Å². The van der Waals surface area contributed by atoms with E-state index in [1.807, 2.05) is 36.4 Å². The highest BCUT2D eigenvalue weighted by Crippen LogP contribution is 2.36. The van der Waals surface area contributed by atoms with Crippen molar-refractivity contribution in [3.8, 4) is 11.1 Å². The molecule has 4 aromatic carbocycles. The largest absolute Gasteiger partial charge is 0.481 e. The number of hydrogen-bond donors (Lipinski definition) is 1. The van der Waals surface area contributed by atoms with Crippen LogP contribution in [0.2, 0.25) is 0 Å². The Morgan fingerprint density at radius 2 is 1.43 bits per heavy atom. The maximum atomic E-state index is 12.1. The number of benzene rings is 4. The van der Waals surface area contributed by atoms with Crippen LogP contribution in [-0.4, -0.2) is 16.0 Å². The highest BCUT2D eigenvalue weighted by atomic mass is 16.4. The lowest BCUT2D eigenvalue weighted by Gasteiger charge is -2.37. The number of rotatable bonds is 9. The Morgan fingerprint density at radius 3 is 2.11 bits per heavy atom. The zero-order valence-electron chi connectivity index (χ0n) is 20.7. The molecule has 1 unspecified atom stereocenters. The van der Waals surface area contributed by atoms with E-state index in [4.69, 9.17) is 0 Å². The van der Waals surface area contributed by atoms with Crippen LogP contribution in [-0.2, 0) is 11.3 Å². The zero-order chi connectivity index (χ0) is 24.8. The summed E-state index contributed by atoms with van der Waals surface area (Å²) in [7, 11) is 0. The molecule has 3 heteroatoms. The van der Waals surface area contributed by atoms with Crippen molar-refractivity contribution in [1.82, 2.24) is 4.90 Å². The van der Waals surface area contributed by atoms with Crippen LogP contribution in [0.3, 0.4) is 0 Å². The normalized spacial score (nSPS) is 12.9. The molecule has 0 aliphatic carbocycles. The number of aliphatic carboxylic acids is 1. The molecule has 2 atom stereocenters. The minimum atomic E-state index is -0.800. The highest BCUT2D eigenvalue weighted by Gasteiger charge is 2.28. The van der Waals surface area contributed by atoms with Gasteiger partial charge in [0.15, 0.2) is 0 Å². The molecule has 0 saturated heterocycles. The van der Waals surface area contributed by atoms with Crippen molar-refractivity contribution < 1.29 is 9.90 Å². The minimum absolute atomic E-state index is 0.0280. The van der Waals surface area contributed by atoms with Crippen molar-refractivity contribution in [3.05, 3.63) is 131 Å². The van der Waals surface area contributed by atoms with E-state index in [9.17, 15) is 9.90 Å². The van der Waals surface area contributed by atoms with Crippen LogP contribution < -0.4 is 0 Å². The summed E-state index contributed by atoms with van der Waals surface area (Å²) in [5, 5.41) is 9.95. The van der Waals surface area contributed by atoms with E-state index in [1.165, 1.54) is 22.3 Å². The van der Waals surface area contributed by atoms with E-state index >= 15 is 0 Å². The molecule has 1 N–H and O–H groups in total. The molecule has 4 rings (SSSR count). The summed E-state index contributed by atoms with van der Waals surface area (Å²) in [5.74, 6) is -0.800. The maximum absolute atomic E-state index is 12.1. The molecule has 0 radical (unpaired) electrons. The smallest absolute Gasteiger partial charge is 0.305 e. The number of nitrogens with zero attached hydrogens (tertiary/aromatic N) is 1. The molecule has 0 aliphatic rings. The third-order valence-corrected chi connectivity index (χ3v) is 6.94. The van der Waals surface area contributed by atoms with Gasteiger partial charge in [0.25, 0.3) is 0 Å². The molecule has 0 heterocycles. The first-order chi connectivity index (χ1) is 16.9. The first-order valence-corrected chi connectivity index (χ1v) is 12.2. The Labute approximate surface area is 208 Å². The second-order valence-electron chi connectivity index (χ2n) is 9.23. The monoisotopic (exact) mass is 463 g/mol. The van der Waals surface area contributed by atoms with Crippen LogP contribution in [0.25, 0.3) is 11.1 Å². The summed E-state index contributed by atoms with van der Waals surface area (Å²) in [6.07, 6.45) is 0.0280. The van der Waals surface area contributed by atoms with E-state index in [0.717, 1.165) is 16.7 Å². The quantitative estimate of drug-likeness (QED) is 0.276. The lowest BCUT2D eigenvalue weighted by molar-refractivity contribution is -0.138. The van der Waals surface area contributed by atoms with Gasteiger partial charge >= 0.3 is 5.97 Å². The standard InChI is InChI=1S/C32H33NO2/c1-23-12-10-19-30(24(23)2)28-17-11-18-29(20-28)31(21-32(34)35)33(22-26-13-6-4-7-14-26)25(3)27-15-8-5-9-16-27/h4-20,25,31H,21-22H2,1-3H3,(H,34,35)/t25-,31?/m1/s1. The Hall–Kier alpha value is -3.69. The van der Waals surface area contributed by atoms with Gasteiger partial charge in [-0.05, 0) is 65.8 Å². The van der Waals surface area contributed by atoms with Gasteiger partial charge in [0.2, 0.25) is 0 Å². The lowest BCUT2D eigenvalue weighted by Crippen LogP contribution is -2.32. The molecule has 35 heavy (non-hydrogen) atoms. The summed E-state index contributed by atoms with van der Waals surface area (Å²) in [6.45, 7) is 7.09. The Morgan fingerprint density at radius 1 is 0.800 bits per heavy atom. The Bertz CT molecular complexity index is 1270. The Kier molecular flexibility index (Phi) is 7.79. The van der Waals surface area contributed by atoms with E-state index in [0.29, 0.717) is 6.54 Å². The molecule has 4 aromatic rings. The molecule has 0 aliphatic heterocycles. The summed E-state index contributed by atoms with van der Waals surface area (Å²) in [4.78, 5) is 14.4. The van der Waals surface area contributed by atoms with Crippen LogP contribution in [0.1, 0.15) is 53.2 Å². The first-order valence-electron chi connectivity index (χ1n) is 12.2. The number of carboxylic acids is 1. The summed E-state index contributed by atoms with van der Waals surface area (Å²) < 4.78 is 0. The van der Waals surface area contributed by atoms with Crippen molar-refractivity contribution in [3.63, 3.8) is 0 Å². The van der Waals surface area contributed by atoms with Crippen molar-refractivity contribution in [2.75, 3.05) is 0 Å². The molecule has 0 amide bonds. The molecule has 0 spiro atoms. The number of aryl methyl sites for hydroxylation is 1. The van der Waals surface area contributed by atoms with Crippen LogP contribution in [0.5, 0.6) is 0 Å².